The molecule has 0 amide bonds. The average molecular weight is 308 g/mol. The Kier molecular flexibility index (Phi) is 5.68. The summed E-state index contributed by atoms with van der Waals surface area (Å²) in [6.45, 7) is 1.92. The summed E-state index contributed by atoms with van der Waals surface area (Å²) in [7, 11) is 0. The predicted octanol–water partition coefficient (Wildman–Crippen LogP) is -2.46. The fraction of sp³-hybridized carbons (Fsp3) is 0.750. The molecule has 0 spiro atoms. The minimum Gasteiger partial charge on any atom is -0.508 e. The van der Waals surface area contributed by atoms with Crippen LogP contribution >= 0.6 is 0 Å². The Morgan fingerprint density at radius 2 is 1.90 bits per heavy atom. The summed E-state index contributed by atoms with van der Waals surface area (Å²) < 4.78 is 9.37. The van der Waals surface area contributed by atoms with Crippen LogP contribution in [0.25, 0.3) is 0 Å². The highest BCUT2D eigenvalue weighted by atomic mass is 16.6. The van der Waals surface area contributed by atoms with Gasteiger partial charge >= 0.3 is 5.97 Å². The van der Waals surface area contributed by atoms with Gasteiger partial charge in [-0.15, -0.1) is 0 Å². The second-order valence-corrected chi connectivity index (χ2v) is 4.66. The summed E-state index contributed by atoms with van der Waals surface area (Å²) in [6, 6.07) is 0. The number of rotatable bonds is 4. The van der Waals surface area contributed by atoms with Crippen molar-refractivity contribution in [2.24, 2.45) is 0 Å². The minimum absolute atomic E-state index is 0.0126. The largest absolute Gasteiger partial charge is 0.508 e. The molecule has 0 aromatic heterocycles. The third-order valence-corrected chi connectivity index (χ3v) is 3.33. The molecule has 6 N–H and O–H groups in total. The highest BCUT2D eigenvalue weighted by Gasteiger charge is 2.57. The lowest BCUT2D eigenvalue weighted by molar-refractivity contribution is -0.323. The highest BCUT2D eigenvalue weighted by molar-refractivity contribution is 5.88. The van der Waals surface area contributed by atoms with Crippen LogP contribution in [0.15, 0.2) is 11.3 Å². The Labute approximate surface area is 120 Å². The first-order valence-electron chi connectivity index (χ1n) is 6.32. The van der Waals surface area contributed by atoms with Crippen LogP contribution in [-0.4, -0.2) is 80.0 Å². The molecule has 0 saturated carbocycles. The number of hydrogen-bond donors (Lipinski definition) is 6. The maximum atomic E-state index is 11.5. The summed E-state index contributed by atoms with van der Waals surface area (Å²) in [5.41, 5.74) is -3.29. The van der Waals surface area contributed by atoms with Gasteiger partial charge in [0.1, 0.15) is 24.1 Å². The van der Waals surface area contributed by atoms with E-state index in [-0.39, 0.29) is 6.61 Å². The van der Waals surface area contributed by atoms with Crippen LogP contribution in [0.1, 0.15) is 13.8 Å². The molecule has 0 aromatic carbocycles. The van der Waals surface area contributed by atoms with Crippen LogP contribution in [-0.2, 0) is 14.3 Å². The van der Waals surface area contributed by atoms with Gasteiger partial charge in [0, 0.05) is 0 Å². The highest BCUT2D eigenvalue weighted by Crippen LogP contribution is 2.35. The molecule has 0 aromatic rings. The van der Waals surface area contributed by atoms with Gasteiger partial charge in [0.05, 0.1) is 18.8 Å². The van der Waals surface area contributed by atoms with E-state index in [0.717, 1.165) is 6.92 Å². The van der Waals surface area contributed by atoms with Crippen LogP contribution in [0.3, 0.4) is 0 Å². The van der Waals surface area contributed by atoms with Crippen molar-refractivity contribution in [1.29, 1.82) is 0 Å². The SMILES string of the molecule is CCOC(=O)/C(C)=C(/O)[C@@]1(O)[C@@H](O)O[C@H](CO)[C@H](O)[C@@H]1O. The molecule has 1 rings (SSSR count). The number of aliphatic hydroxyl groups is 6. The summed E-state index contributed by atoms with van der Waals surface area (Å²) >= 11 is 0. The Bertz CT molecular complexity index is 421. The molecule has 1 aliphatic rings. The van der Waals surface area contributed by atoms with E-state index in [4.69, 9.17) is 9.84 Å². The van der Waals surface area contributed by atoms with E-state index in [1.54, 1.807) is 0 Å². The van der Waals surface area contributed by atoms with E-state index in [1.165, 1.54) is 6.92 Å². The number of esters is 1. The summed E-state index contributed by atoms with van der Waals surface area (Å²) in [5, 5.41) is 58.5. The molecule has 1 aliphatic heterocycles. The third kappa shape index (κ3) is 3.03. The number of ether oxygens (including phenoxy) is 2. The lowest BCUT2D eigenvalue weighted by atomic mass is 9.83. The zero-order chi connectivity index (χ0) is 16.4. The summed E-state index contributed by atoms with van der Waals surface area (Å²) in [6.07, 6.45) is -7.41. The molecule has 0 unspecified atom stereocenters. The average Bonchev–Trinajstić information content (AvgIpc) is 2.47. The topological polar surface area (TPSA) is 157 Å². The standard InChI is InChI=1S/C12H20O9/c1-3-20-10(17)5(2)8(15)12(19)9(16)7(14)6(4-13)21-11(12)18/h6-7,9,11,13-16,18-19H,3-4H2,1-2H3/b8-5+/t6-,7+,9+,11+,12+/m1/s1. The Morgan fingerprint density at radius 1 is 1.33 bits per heavy atom. The molecule has 1 fully saturated rings. The minimum atomic E-state index is -2.83. The van der Waals surface area contributed by atoms with Crippen molar-refractivity contribution in [1.82, 2.24) is 0 Å². The zero-order valence-electron chi connectivity index (χ0n) is 11.6. The fourth-order valence-corrected chi connectivity index (χ4v) is 2.00. The van der Waals surface area contributed by atoms with Crippen LogP contribution < -0.4 is 0 Å². The molecule has 0 aliphatic carbocycles. The van der Waals surface area contributed by atoms with Gasteiger partial charge in [-0.25, -0.2) is 4.79 Å². The van der Waals surface area contributed by atoms with E-state index in [1.807, 2.05) is 0 Å². The van der Waals surface area contributed by atoms with Crippen LogP contribution in [0.2, 0.25) is 0 Å². The van der Waals surface area contributed by atoms with E-state index in [9.17, 15) is 30.3 Å². The maximum Gasteiger partial charge on any atom is 0.337 e. The van der Waals surface area contributed by atoms with Gasteiger partial charge in [-0.05, 0) is 13.8 Å². The third-order valence-electron chi connectivity index (χ3n) is 3.33. The predicted molar refractivity (Wildman–Crippen MR) is 66.9 cm³/mol. The van der Waals surface area contributed by atoms with Crippen molar-refractivity contribution in [3.8, 4) is 0 Å². The molecule has 122 valence electrons. The molecule has 9 nitrogen and oxygen atoms in total. The molecule has 0 bridgehead atoms. The summed E-state index contributed by atoms with van der Waals surface area (Å²) in [5.74, 6) is -2.06. The zero-order valence-corrected chi connectivity index (χ0v) is 11.6. The van der Waals surface area contributed by atoms with E-state index >= 15 is 0 Å². The van der Waals surface area contributed by atoms with E-state index in [0.29, 0.717) is 0 Å². The second-order valence-electron chi connectivity index (χ2n) is 4.66. The molecular weight excluding hydrogens is 288 g/mol. The lowest BCUT2D eigenvalue weighted by Crippen LogP contribution is -2.67. The van der Waals surface area contributed by atoms with Gasteiger partial charge in [0.25, 0.3) is 0 Å². The van der Waals surface area contributed by atoms with E-state index < -0.39 is 54.1 Å². The number of carbonyl (C=O) groups is 1. The van der Waals surface area contributed by atoms with Gasteiger partial charge in [-0.1, -0.05) is 0 Å². The first-order chi connectivity index (χ1) is 9.71. The van der Waals surface area contributed by atoms with Gasteiger partial charge in [0.2, 0.25) is 5.60 Å². The maximum absolute atomic E-state index is 11.5. The molecular formula is C12H20O9. The van der Waals surface area contributed by atoms with Crippen LogP contribution in [0, 0.1) is 0 Å². The van der Waals surface area contributed by atoms with Gasteiger partial charge < -0.3 is 40.1 Å². The number of carbonyl (C=O) groups excluding carboxylic acids is 1. The van der Waals surface area contributed by atoms with Crippen molar-refractivity contribution in [3.05, 3.63) is 11.3 Å². The second kappa shape index (κ2) is 6.69. The van der Waals surface area contributed by atoms with E-state index in [2.05, 4.69) is 4.74 Å². The van der Waals surface area contributed by atoms with Crippen LogP contribution in [0.4, 0.5) is 0 Å². The monoisotopic (exact) mass is 308 g/mol. The van der Waals surface area contributed by atoms with Crippen molar-refractivity contribution < 1.29 is 44.9 Å². The number of hydrogen-bond acceptors (Lipinski definition) is 9. The Morgan fingerprint density at radius 3 is 2.38 bits per heavy atom. The number of aliphatic hydroxyl groups excluding tert-OH is 5. The smallest absolute Gasteiger partial charge is 0.337 e. The molecule has 1 heterocycles. The van der Waals surface area contributed by atoms with Crippen molar-refractivity contribution in [2.75, 3.05) is 13.2 Å². The van der Waals surface area contributed by atoms with Gasteiger partial charge in [-0.3, -0.25) is 0 Å². The molecule has 0 radical (unpaired) electrons. The molecule has 1 saturated heterocycles. The van der Waals surface area contributed by atoms with Crippen molar-refractivity contribution in [3.63, 3.8) is 0 Å². The fourth-order valence-electron chi connectivity index (χ4n) is 2.00. The molecule has 21 heavy (non-hydrogen) atoms. The lowest BCUT2D eigenvalue weighted by Gasteiger charge is -2.45. The normalized spacial score (nSPS) is 37.9. The van der Waals surface area contributed by atoms with Crippen molar-refractivity contribution in [2.45, 2.75) is 44.1 Å². The molecule has 5 atom stereocenters. The molecule has 9 heteroatoms. The Hall–Kier alpha value is -1.23. The first kappa shape index (κ1) is 17.8. The van der Waals surface area contributed by atoms with Crippen LogP contribution in [0.5, 0.6) is 0 Å². The van der Waals surface area contributed by atoms with Gasteiger partial charge in [0.15, 0.2) is 6.29 Å². The quantitative estimate of drug-likeness (QED) is 0.188. The first-order valence-corrected chi connectivity index (χ1v) is 6.32. The summed E-state index contributed by atoms with van der Waals surface area (Å²) in [4.78, 5) is 11.5. The van der Waals surface area contributed by atoms with Crippen molar-refractivity contribution >= 4 is 5.97 Å². The van der Waals surface area contributed by atoms with Gasteiger partial charge in [-0.2, -0.15) is 0 Å². The Balaban J connectivity index is 3.18.